The third kappa shape index (κ3) is 2.82. The summed E-state index contributed by atoms with van der Waals surface area (Å²) in [6, 6.07) is 10.2. The van der Waals surface area contributed by atoms with Crippen molar-refractivity contribution in [3.05, 3.63) is 66.8 Å². The monoisotopic (exact) mass is 398 g/mol. The number of para-hydroxylation sites is 1. The predicted octanol–water partition coefficient (Wildman–Crippen LogP) is 3.25. The van der Waals surface area contributed by atoms with Crippen molar-refractivity contribution in [2.45, 2.75) is 31.7 Å². The van der Waals surface area contributed by atoms with Gasteiger partial charge in [-0.3, -0.25) is 9.78 Å². The third-order valence-corrected chi connectivity index (χ3v) is 5.87. The van der Waals surface area contributed by atoms with Crippen molar-refractivity contribution in [3.63, 3.8) is 0 Å². The fraction of sp³-hybridized carbons (Fsp3) is 0.217. The minimum atomic E-state index is -0.162. The maximum atomic E-state index is 11.9. The lowest BCUT2D eigenvalue weighted by atomic mass is 9.81. The van der Waals surface area contributed by atoms with E-state index in [-0.39, 0.29) is 17.9 Å². The zero-order valence-electron chi connectivity index (χ0n) is 16.7. The molecule has 3 N–H and O–H groups in total. The molecule has 0 radical (unpaired) electrons. The Hall–Kier alpha value is -3.74. The number of rotatable bonds is 3. The Balaban J connectivity index is 1.74. The van der Waals surface area contributed by atoms with Crippen molar-refractivity contribution < 1.29 is 4.79 Å². The Morgan fingerprint density at radius 1 is 1.33 bits per heavy atom. The molecule has 0 bridgehead atoms. The number of hydrogen-bond acceptors (Lipinski definition) is 5. The summed E-state index contributed by atoms with van der Waals surface area (Å²) in [7, 11) is 0. The van der Waals surface area contributed by atoms with Crippen LogP contribution in [-0.4, -0.2) is 31.5 Å². The molecular weight excluding hydrogens is 376 g/mol. The molecule has 30 heavy (non-hydrogen) atoms. The summed E-state index contributed by atoms with van der Waals surface area (Å²) < 4.78 is 1.88. The number of nitrogens with zero attached hydrogens (tertiary/aromatic N) is 4. The second-order valence-corrected chi connectivity index (χ2v) is 7.81. The first-order valence-corrected chi connectivity index (χ1v) is 9.99. The van der Waals surface area contributed by atoms with E-state index in [1.165, 1.54) is 18.0 Å². The molecule has 7 nitrogen and oxygen atoms in total. The van der Waals surface area contributed by atoms with Crippen LogP contribution in [0.3, 0.4) is 0 Å². The first kappa shape index (κ1) is 18.3. The Morgan fingerprint density at radius 3 is 3.00 bits per heavy atom. The minimum Gasteiger partial charge on any atom is -0.382 e. The number of pyridine rings is 1. The van der Waals surface area contributed by atoms with Gasteiger partial charge >= 0.3 is 0 Å². The zero-order chi connectivity index (χ0) is 20.8. The van der Waals surface area contributed by atoms with Gasteiger partial charge in [0, 0.05) is 40.9 Å². The number of benzene rings is 1. The first-order chi connectivity index (χ1) is 14.6. The van der Waals surface area contributed by atoms with Gasteiger partial charge in [0.1, 0.15) is 11.8 Å². The van der Waals surface area contributed by atoms with E-state index in [2.05, 4.69) is 46.0 Å². The minimum absolute atomic E-state index is 0.00914. The van der Waals surface area contributed by atoms with Gasteiger partial charge in [-0.2, -0.15) is 5.10 Å². The van der Waals surface area contributed by atoms with Gasteiger partial charge in [0.15, 0.2) is 5.82 Å². The van der Waals surface area contributed by atoms with Crippen molar-refractivity contribution in [3.8, 4) is 11.1 Å². The van der Waals surface area contributed by atoms with Gasteiger partial charge in [-0.15, -0.1) is 0 Å². The fourth-order valence-electron chi connectivity index (χ4n) is 4.65. The Labute approximate surface area is 173 Å². The number of nitrogens with two attached hydrogens (primary N) is 1. The lowest BCUT2D eigenvalue weighted by molar-refractivity contribution is -0.117. The maximum Gasteiger partial charge on any atom is 0.243 e. The fourth-order valence-corrected chi connectivity index (χ4v) is 4.65. The molecule has 1 aliphatic carbocycles. The third-order valence-electron chi connectivity index (χ3n) is 5.87. The van der Waals surface area contributed by atoms with Gasteiger partial charge in [-0.1, -0.05) is 31.7 Å². The van der Waals surface area contributed by atoms with E-state index in [0.29, 0.717) is 12.2 Å². The van der Waals surface area contributed by atoms with Crippen LogP contribution in [0, 0.1) is 0 Å². The SMILES string of the molecule is C=CC(=O)NC1Cc2c(c(-c3cnc4ccccc4c3)c3c(N)ncnn23)C(C)C1. The number of nitrogens with one attached hydrogen (secondary N) is 1. The molecule has 0 saturated carbocycles. The highest BCUT2D eigenvalue weighted by molar-refractivity contribution is 5.94. The Bertz CT molecular complexity index is 1310. The molecule has 3 aromatic heterocycles. The average molecular weight is 398 g/mol. The van der Waals surface area contributed by atoms with E-state index in [0.717, 1.165) is 39.7 Å². The van der Waals surface area contributed by atoms with Crippen molar-refractivity contribution in [2.75, 3.05) is 5.73 Å². The molecule has 2 unspecified atom stereocenters. The van der Waals surface area contributed by atoms with Crippen LogP contribution in [0.1, 0.15) is 30.5 Å². The lowest BCUT2D eigenvalue weighted by Gasteiger charge is -2.28. The van der Waals surface area contributed by atoms with Gasteiger partial charge in [0.25, 0.3) is 0 Å². The van der Waals surface area contributed by atoms with E-state index in [1.807, 2.05) is 28.9 Å². The quantitative estimate of drug-likeness (QED) is 0.516. The van der Waals surface area contributed by atoms with E-state index < -0.39 is 0 Å². The Morgan fingerprint density at radius 2 is 2.17 bits per heavy atom. The molecular formula is C23H22N6O. The van der Waals surface area contributed by atoms with Gasteiger partial charge in [0.2, 0.25) is 5.91 Å². The number of carbonyl (C=O) groups excluding carboxylic acids is 1. The van der Waals surface area contributed by atoms with Crippen molar-refractivity contribution in [1.82, 2.24) is 24.9 Å². The van der Waals surface area contributed by atoms with Crippen LogP contribution in [0.25, 0.3) is 27.5 Å². The highest BCUT2D eigenvalue weighted by Gasteiger charge is 2.33. The molecule has 0 aliphatic heterocycles. The summed E-state index contributed by atoms with van der Waals surface area (Å²) in [5, 5.41) is 8.61. The van der Waals surface area contributed by atoms with Crippen LogP contribution in [-0.2, 0) is 11.2 Å². The molecule has 150 valence electrons. The van der Waals surface area contributed by atoms with Crippen molar-refractivity contribution in [2.24, 2.45) is 0 Å². The lowest BCUT2D eigenvalue weighted by Crippen LogP contribution is -2.39. The molecule has 0 saturated heterocycles. The summed E-state index contributed by atoms with van der Waals surface area (Å²) in [4.78, 5) is 20.8. The van der Waals surface area contributed by atoms with Crippen molar-refractivity contribution >= 4 is 28.1 Å². The van der Waals surface area contributed by atoms with Gasteiger partial charge in [0.05, 0.1) is 5.52 Å². The van der Waals surface area contributed by atoms with E-state index in [4.69, 9.17) is 5.73 Å². The van der Waals surface area contributed by atoms with Crippen LogP contribution in [0.2, 0.25) is 0 Å². The highest BCUT2D eigenvalue weighted by atomic mass is 16.1. The number of nitrogen functional groups attached to an aromatic ring is 1. The highest BCUT2D eigenvalue weighted by Crippen LogP contribution is 2.44. The van der Waals surface area contributed by atoms with Crippen LogP contribution in [0.15, 0.2) is 55.5 Å². The van der Waals surface area contributed by atoms with Gasteiger partial charge in [-0.25, -0.2) is 9.50 Å². The summed E-state index contributed by atoms with van der Waals surface area (Å²) in [6.07, 6.45) is 6.16. The first-order valence-electron chi connectivity index (χ1n) is 9.99. The molecule has 0 spiro atoms. The number of hydrogen-bond donors (Lipinski definition) is 2. The number of fused-ring (bicyclic) bond motifs is 4. The molecule has 4 aromatic rings. The molecule has 0 fully saturated rings. The normalized spacial score (nSPS) is 18.3. The van der Waals surface area contributed by atoms with E-state index >= 15 is 0 Å². The molecule has 1 aromatic carbocycles. The molecule has 2 atom stereocenters. The molecule has 7 heteroatoms. The van der Waals surface area contributed by atoms with Crippen LogP contribution in [0.5, 0.6) is 0 Å². The summed E-state index contributed by atoms with van der Waals surface area (Å²) in [5.41, 5.74) is 12.3. The second-order valence-electron chi connectivity index (χ2n) is 7.81. The van der Waals surface area contributed by atoms with E-state index in [1.54, 1.807) is 0 Å². The molecule has 5 rings (SSSR count). The standard InChI is InChI=1S/C23H22N6O/c1-3-19(30)28-16-8-13(2)20-18(10-16)29-22(23(24)26-12-27-29)21(20)15-9-14-6-4-5-7-17(14)25-11-15/h3-7,9,11-13,16H,1,8,10H2,2H3,(H,28,30)(H2,24,26,27). The van der Waals surface area contributed by atoms with Gasteiger partial charge in [-0.05, 0) is 36.1 Å². The van der Waals surface area contributed by atoms with Crippen LogP contribution >= 0.6 is 0 Å². The molecule has 3 heterocycles. The molecule has 1 amide bonds. The largest absolute Gasteiger partial charge is 0.382 e. The number of anilines is 1. The zero-order valence-corrected chi connectivity index (χ0v) is 16.7. The topological polar surface area (TPSA) is 98.2 Å². The summed E-state index contributed by atoms with van der Waals surface area (Å²) in [5.74, 6) is 0.470. The van der Waals surface area contributed by atoms with Crippen LogP contribution < -0.4 is 11.1 Å². The number of carbonyl (C=O) groups is 1. The Kier molecular flexibility index (Phi) is 4.24. The number of amides is 1. The predicted molar refractivity (Wildman–Crippen MR) is 117 cm³/mol. The van der Waals surface area contributed by atoms with Gasteiger partial charge < -0.3 is 11.1 Å². The smallest absolute Gasteiger partial charge is 0.243 e. The maximum absolute atomic E-state index is 11.9. The average Bonchev–Trinajstić information content (AvgIpc) is 3.09. The van der Waals surface area contributed by atoms with E-state index in [9.17, 15) is 4.79 Å². The summed E-state index contributed by atoms with van der Waals surface area (Å²) in [6.45, 7) is 5.73. The van der Waals surface area contributed by atoms with Crippen LogP contribution in [0.4, 0.5) is 5.82 Å². The molecule has 1 aliphatic rings. The van der Waals surface area contributed by atoms with Crippen molar-refractivity contribution in [1.29, 1.82) is 0 Å². The second kappa shape index (κ2) is 6.95. The summed E-state index contributed by atoms with van der Waals surface area (Å²) >= 11 is 0. The number of aromatic nitrogens is 4.